The van der Waals surface area contributed by atoms with Crippen LogP contribution in [0, 0.1) is 0 Å². The maximum atomic E-state index is 11.6. The molecule has 0 aliphatic heterocycles. The Labute approximate surface area is 323 Å². The van der Waals surface area contributed by atoms with Gasteiger partial charge in [0.05, 0.1) is 21.8 Å². The van der Waals surface area contributed by atoms with E-state index >= 15 is 0 Å². The highest BCUT2D eigenvalue weighted by atomic mass is 32.3. The molecular formula is C40H31F9O4S3. The summed E-state index contributed by atoms with van der Waals surface area (Å²) in [5, 5.41) is 0. The van der Waals surface area contributed by atoms with Crippen LogP contribution in [-0.4, -0.2) is 42.0 Å². The maximum Gasteiger partial charge on any atom is 0.460 e. The number of rotatable bonds is 8. The van der Waals surface area contributed by atoms with Crippen molar-refractivity contribution in [1.29, 1.82) is 0 Å². The van der Waals surface area contributed by atoms with Crippen LogP contribution < -0.4 is 0 Å². The first kappa shape index (κ1) is 45.6. The van der Waals surface area contributed by atoms with Crippen molar-refractivity contribution >= 4 is 32.2 Å². The minimum absolute atomic E-state index is 0.0146. The molecule has 0 bridgehead atoms. The molecule has 6 aromatic rings. The van der Waals surface area contributed by atoms with E-state index < -0.39 is 34.8 Å². The summed E-state index contributed by atoms with van der Waals surface area (Å²) in [7, 11) is -5.20. The van der Waals surface area contributed by atoms with Gasteiger partial charge in [-0.1, -0.05) is 109 Å². The maximum absolute atomic E-state index is 11.6. The van der Waals surface area contributed by atoms with Crippen LogP contribution in [0.15, 0.2) is 211 Å². The molecule has 0 aromatic heterocycles. The van der Waals surface area contributed by atoms with E-state index in [1.165, 1.54) is 29.4 Å². The van der Waals surface area contributed by atoms with Gasteiger partial charge < -0.3 is 9.11 Å². The highest BCUT2D eigenvalue weighted by Crippen LogP contribution is 2.49. The van der Waals surface area contributed by atoms with Crippen molar-refractivity contribution in [2.75, 3.05) is 0 Å². The quantitative estimate of drug-likeness (QED) is 0.0662. The molecule has 6 aromatic carbocycles. The molecular weight excluding hydrogens is 812 g/mol. The Kier molecular flexibility index (Phi) is 17.1. The molecule has 0 atom stereocenters. The number of hydrogen-bond donors (Lipinski definition) is 0. The summed E-state index contributed by atoms with van der Waals surface area (Å²) in [6.45, 7) is 0. The summed E-state index contributed by atoms with van der Waals surface area (Å²) in [6.07, 6.45) is -11.8. The van der Waals surface area contributed by atoms with E-state index in [2.05, 4.69) is 182 Å². The van der Waals surface area contributed by atoms with Crippen LogP contribution in [0.1, 0.15) is 0 Å². The summed E-state index contributed by atoms with van der Waals surface area (Å²) in [6, 6.07) is 64.3. The van der Waals surface area contributed by atoms with E-state index in [9.17, 15) is 39.5 Å². The van der Waals surface area contributed by atoms with Crippen LogP contribution in [0.5, 0.6) is 0 Å². The van der Waals surface area contributed by atoms with E-state index in [1.807, 2.05) is 0 Å². The van der Waals surface area contributed by atoms with Gasteiger partial charge in [-0.25, -0.2) is 8.78 Å². The predicted octanol–water partition coefficient (Wildman–Crippen LogP) is 11.3. The molecule has 0 spiro atoms. The highest BCUT2D eigenvalue weighted by molar-refractivity contribution is 7.97. The van der Waals surface area contributed by atoms with Crippen molar-refractivity contribution in [2.45, 2.75) is 53.8 Å². The number of benzene rings is 6. The Bertz CT molecular complexity index is 1790. The molecule has 56 heavy (non-hydrogen) atoms. The Balaban J connectivity index is 0.000000216. The number of hydrogen-bond acceptors (Lipinski definition) is 4. The van der Waals surface area contributed by atoms with Gasteiger partial charge in [0, 0.05) is 10.4 Å². The molecule has 0 fully saturated rings. The summed E-state index contributed by atoms with van der Waals surface area (Å²) in [4.78, 5) is 8.17. The Morgan fingerprint density at radius 3 is 0.661 bits per heavy atom. The van der Waals surface area contributed by atoms with Crippen LogP contribution in [0.3, 0.4) is 0 Å². The lowest BCUT2D eigenvalue weighted by Gasteiger charge is -2.27. The summed E-state index contributed by atoms with van der Waals surface area (Å²) < 4.78 is 136. The van der Waals surface area contributed by atoms with Crippen LogP contribution in [-0.2, 0) is 32.2 Å². The predicted molar refractivity (Wildman–Crippen MR) is 195 cm³/mol. The zero-order valence-corrected chi connectivity index (χ0v) is 31.1. The first-order chi connectivity index (χ1) is 26.3. The molecule has 296 valence electrons. The smallest absolute Gasteiger partial charge is 0.460 e. The third kappa shape index (κ3) is 13.8. The molecule has 0 heterocycles. The lowest BCUT2D eigenvalue weighted by Crippen LogP contribution is -2.55. The van der Waals surface area contributed by atoms with Crippen LogP contribution in [0.2, 0.25) is 0 Å². The van der Waals surface area contributed by atoms with Gasteiger partial charge in [0.25, 0.3) is 0 Å². The summed E-state index contributed by atoms with van der Waals surface area (Å²) in [5.74, 6) is -13.1. The van der Waals surface area contributed by atoms with Gasteiger partial charge in [0.15, 0.2) is 29.4 Å². The molecule has 0 unspecified atom stereocenters. The van der Waals surface area contributed by atoms with Gasteiger partial charge in [-0.3, -0.25) is 8.42 Å². The van der Waals surface area contributed by atoms with E-state index in [1.54, 1.807) is 0 Å². The molecule has 0 saturated carbocycles. The standard InChI is InChI=1S/2C18H15S.C4HF9.H2O4S/c2*1-4-10-16(11-5-1)19(17-12-6-2-7-13-17)18-14-8-3-9-15-18;5-1(6)2(7,8)3(9,10)4(11,12)13;1-5(2,3)4/h2*1-15H;1H;(H2,1,2,3,4)/q2*+1;;/p-2. The zero-order valence-electron chi connectivity index (χ0n) is 28.7. The van der Waals surface area contributed by atoms with E-state index in [0.717, 1.165) is 0 Å². The molecule has 0 saturated heterocycles. The molecule has 4 nitrogen and oxygen atoms in total. The SMILES string of the molecule is FC(F)C(F)(F)C(F)(F)C(F)(F)F.O=S(=O)([O-])[O-].c1ccc([S+](c2ccccc2)c2ccccc2)cc1.c1ccc([S+](c2ccccc2)c2ccccc2)cc1. The first-order valence-electron chi connectivity index (χ1n) is 15.9. The van der Waals surface area contributed by atoms with Gasteiger partial charge in [0.2, 0.25) is 0 Å². The highest BCUT2D eigenvalue weighted by Gasteiger charge is 2.76. The van der Waals surface area contributed by atoms with Crippen molar-refractivity contribution in [3.8, 4) is 0 Å². The van der Waals surface area contributed by atoms with Crippen molar-refractivity contribution in [3.05, 3.63) is 182 Å². The molecule has 16 heteroatoms. The molecule has 0 radical (unpaired) electrons. The van der Waals surface area contributed by atoms with Crippen LogP contribution in [0.25, 0.3) is 0 Å². The van der Waals surface area contributed by atoms with E-state index in [0.29, 0.717) is 0 Å². The topological polar surface area (TPSA) is 80.3 Å². The number of halogens is 9. The Hall–Kier alpha value is -4.74. The second kappa shape index (κ2) is 21.0. The fourth-order valence-electron chi connectivity index (χ4n) is 4.48. The largest absolute Gasteiger partial charge is 0.759 e. The van der Waals surface area contributed by atoms with Gasteiger partial charge in [-0.05, 0) is 72.8 Å². The summed E-state index contributed by atoms with van der Waals surface area (Å²) in [5.41, 5.74) is 0. The molecule has 0 aliphatic rings. The van der Waals surface area contributed by atoms with Crippen molar-refractivity contribution < 1.29 is 57.0 Å². The zero-order chi connectivity index (χ0) is 41.4. The van der Waals surface area contributed by atoms with Gasteiger partial charge >= 0.3 is 24.4 Å². The average Bonchev–Trinajstić information content (AvgIpc) is 3.17. The second-order valence-corrected chi connectivity index (χ2v) is 15.8. The van der Waals surface area contributed by atoms with Crippen molar-refractivity contribution in [3.63, 3.8) is 0 Å². The third-order valence-corrected chi connectivity index (χ3v) is 11.4. The van der Waals surface area contributed by atoms with Gasteiger partial charge in [-0.2, -0.15) is 30.7 Å². The van der Waals surface area contributed by atoms with Crippen molar-refractivity contribution in [2.24, 2.45) is 0 Å². The first-order valence-corrected chi connectivity index (χ1v) is 19.7. The molecule has 0 N–H and O–H groups in total. The van der Waals surface area contributed by atoms with Gasteiger partial charge in [0.1, 0.15) is 0 Å². The third-order valence-electron chi connectivity index (χ3n) is 6.92. The lowest BCUT2D eigenvalue weighted by atomic mass is 10.2. The molecule has 6 rings (SSSR count). The fraction of sp³-hybridized carbons (Fsp3) is 0.100. The lowest BCUT2D eigenvalue weighted by molar-refractivity contribution is -0.375. The van der Waals surface area contributed by atoms with E-state index in [4.69, 9.17) is 17.5 Å². The monoisotopic (exact) mass is 842 g/mol. The number of alkyl halides is 9. The van der Waals surface area contributed by atoms with Crippen LogP contribution in [0.4, 0.5) is 39.5 Å². The van der Waals surface area contributed by atoms with Crippen molar-refractivity contribution in [1.82, 2.24) is 0 Å². The van der Waals surface area contributed by atoms with Gasteiger partial charge in [-0.15, -0.1) is 0 Å². The molecule has 0 amide bonds. The Morgan fingerprint density at radius 1 is 0.393 bits per heavy atom. The average molecular weight is 843 g/mol. The minimum atomic E-state index is -6.73. The van der Waals surface area contributed by atoms with Crippen LogP contribution >= 0.6 is 0 Å². The summed E-state index contributed by atoms with van der Waals surface area (Å²) >= 11 is 0. The minimum Gasteiger partial charge on any atom is -0.759 e. The molecule has 0 aliphatic carbocycles. The Morgan fingerprint density at radius 2 is 0.554 bits per heavy atom. The van der Waals surface area contributed by atoms with E-state index in [-0.39, 0.29) is 21.8 Å². The second-order valence-electron chi connectivity index (χ2n) is 10.9. The normalized spacial score (nSPS) is 11.8. The fourth-order valence-corrected chi connectivity index (χ4v) is 8.69.